The molecule has 0 radical (unpaired) electrons. The van der Waals surface area contributed by atoms with Gasteiger partial charge < -0.3 is 10.4 Å². The molecule has 1 aliphatic rings. The predicted octanol–water partition coefficient (Wildman–Crippen LogP) is 2.89. The first kappa shape index (κ1) is 17.4. The van der Waals surface area contributed by atoms with Gasteiger partial charge in [0, 0.05) is 12.8 Å². The van der Waals surface area contributed by atoms with E-state index in [9.17, 15) is 9.59 Å². The number of carbonyl (C=O) groups excluding carboxylic acids is 1. The van der Waals surface area contributed by atoms with E-state index in [1.165, 1.54) is 0 Å². The van der Waals surface area contributed by atoms with Crippen molar-refractivity contribution < 1.29 is 14.7 Å². The van der Waals surface area contributed by atoms with Crippen LogP contribution in [0.5, 0.6) is 0 Å². The zero-order valence-electron chi connectivity index (χ0n) is 13.8. The van der Waals surface area contributed by atoms with Gasteiger partial charge in [-0.15, -0.1) is 0 Å². The van der Waals surface area contributed by atoms with Crippen LogP contribution in [0, 0.1) is 17.8 Å². The number of rotatable bonds is 6. The fraction of sp³-hybridized carbons (Fsp3) is 0.647. The highest BCUT2D eigenvalue weighted by molar-refractivity contribution is 5.90. The van der Waals surface area contributed by atoms with Gasteiger partial charge in [-0.2, -0.15) is 0 Å². The number of nitrogens with zero attached hydrogens (tertiary/aromatic N) is 2. The van der Waals surface area contributed by atoms with E-state index in [1.54, 1.807) is 12.4 Å². The van der Waals surface area contributed by atoms with E-state index in [1.807, 2.05) is 0 Å². The van der Waals surface area contributed by atoms with Crippen LogP contribution in [0.1, 0.15) is 51.8 Å². The van der Waals surface area contributed by atoms with Crippen LogP contribution in [0.25, 0.3) is 0 Å². The topological polar surface area (TPSA) is 92.2 Å². The van der Waals surface area contributed by atoms with Gasteiger partial charge in [0.1, 0.15) is 5.82 Å². The zero-order valence-corrected chi connectivity index (χ0v) is 13.8. The summed E-state index contributed by atoms with van der Waals surface area (Å²) in [4.78, 5) is 31.5. The SMILES string of the molecule is CC(C)Cc1ncc(NC(=O)CC2CCC(C(=O)O)CC2)cn1. The first-order chi connectivity index (χ1) is 10.9. The lowest BCUT2D eigenvalue weighted by Crippen LogP contribution is -2.24. The third-order valence-corrected chi connectivity index (χ3v) is 4.25. The lowest BCUT2D eigenvalue weighted by atomic mass is 9.80. The molecule has 0 saturated heterocycles. The molecule has 1 aromatic rings. The molecule has 6 nitrogen and oxygen atoms in total. The van der Waals surface area contributed by atoms with E-state index >= 15 is 0 Å². The third kappa shape index (κ3) is 5.62. The summed E-state index contributed by atoms with van der Waals surface area (Å²) in [5, 5.41) is 11.8. The maximum atomic E-state index is 12.1. The molecule has 1 aliphatic carbocycles. The number of carboxylic acid groups (broad SMARTS) is 1. The predicted molar refractivity (Wildman–Crippen MR) is 86.9 cm³/mol. The Labute approximate surface area is 136 Å². The number of carbonyl (C=O) groups is 2. The molecular formula is C17H25N3O3. The molecule has 1 amide bonds. The maximum Gasteiger partial charge on any atom is 0.306 e. The summed E-state index contributed by atoms with van der Waals surface area (Å²) in [6, 6.07) is 0. The van der Waals surface area contributed by atoms with Crippen molar-refractivity contribution in [1.82, 2.24) is 9.97 Å². The van der Waals surface area contributed by atoms with E-state index in [-0.39, 0.29) is 17.7 Å². The molecule has 126 valence electrons. The number of aliphatic carboxylic acids is 1. The zero-order chi connectivity index (χ0) is 16.8. The fourth-order valence-corrected chi connectivity index (χ4v) is 2.98. The van der Waals surface area contributed by atoms with Gasteiger partial charge in [0.15, 0.2) is 0 Å². The highest BCUT2D eigenvalue weighted by Gasteiger charge is 2.27. The fourth-order valence-electron chi connectivity index (χ4n) is 2.98. The Morgan fingerprint density at radius 3 is 2.35 bits per heavy atom. The smallest absolute Gasteiger partial charge is 0.306 e. The summed E-state index contributed by atoms with van der Waals surface area (Å²) < 4.78 is 0. The van der Waals surface area contributed by atoms with Crippen LogP contribution >= 0.6 is 0 Å². The standard InChI is InChI=1S/C17H25N3O3/c1-11(2)7-15-18-9-14(10-19-15)20-16(21)8-12-3-5-13(6-4-12)17(22)23/h9-13H,3-8H2,1-2H3,(H,20,21)(H,22,23). The molecule has 1 saturated carbocycles. The van der Waals surface area contributed by atoms with Gasteiger partial charge >= 0.3 is 5.97 Å². The lowest BCUT2D eigenvalue weighted by molar-refractivity contribution is -0.143. The van der Waals surface area contributed by atoms with Gasteiger partial charge in [-0.25, -0.2) is 9.97 Å². The van der Waals surface area contributed by atoms with Crippen molar-refractivity contribution in [2.75, 3.05) is 5.32 Å². The van der Waals surface area contributed by atoms with E-state index in [2.05, 4.69) is 29.1 Å². The van der Waals surface area contributed by atoms with Gasteiger partial charge in [-0.1, -0.05) is 13.8 Å². The molecule has 2 rings (SSSR count). The van der Waals surface area contributed by atoms with Gasteiger partial charge in [0.05, 0.1) is 24.0 Å². The van der Waals surface area contributed by atoms with Gasteiger partial charge in [-0.05, 0) is 37.5 Å². The Kier molecular flexibility index (Phi) is 6.07. The van der Waals surface area contributed by atoms with Crippen molar-refractivity contribution in [3.05, 3.63) is 18.2 Å². The summed E-state index contributed by atoms with van der Waals surface area (Å²) in [5.41, 5.74) is 0.613. The maximum absolute atomic E-state index is 12.1. The highest BCUT2D eigenvalue weighted by atomic mass is 16.4. The lowest BCUT2D eigenvalue weighted by Gasteiger charge is -2.25. The van der Waals surface area contributed by atoms with Crippen LogP contribution in [0.2, 0.25) is 0 Å². The normalized spacial score (nSPS) is 21.2. The average molecular weight is 319 g/mol. The van der Waals surface area contributed by atoms with Crippen molar-refractivity contribution in [3.63, 3.8) is 0 Å². The van der Waals surface area contributed by atoms with Gasteiger partial charge in [-0.3, -0.25) is 9.59 Å². The van der Waals surface area contributed by atoms with E-state index in [0.29, 0.717) is 30.9 Å². The summed E-state index contributed by atoms with van der Waals surface area (Å²) >= 11 is 0. The third-order valence-electron chi connectivity index (χ3n) is 4.25. The summed E-state index contributed by atoms with van der Waals surface area (Å²) in [6.07, 6.45) is 7.47. The van der Waals surface area contributed by atoms with E-state index in [4.69, 9.17) is 5.11 Å². The average Bonchev–Trinajstić information content (AvgIpc) is 2.49. The molecule has 0 spiro atoms. The van der Waals surface area contributed by atoms with Crippen molar-refractivity contribution in [1.29, 1.82) is 0 Å². The molecule has 1 heterocycles. The number of hydrogen-bond acceptors (Lipinski definition) is 4. The van der Waals surface area contributed by atoms with Crippen molar-refractivity contribution in [3.8, 4) is 0 Å². The van der Waals surface area contributed by atoms with E-state index < -0.39 is 5.97 Å². The highest BCUT2D eigenvalue weighted by Crippen LogP contribution is 2.31. The second-order valence-electron chi connectivity index (χ2n) is 6.79. The van der Waals surface area contributed by atoms with Crippen LogP contribution in [0.4, 0.5) is 5.69 Å². The summed E-state index contributed by atoms with van der Waals surface area (Å²) in [7, 11) is 0. The van der Waals surface area contributed by atoms with Crippen LogP contribution in [-0.4, -0.2) is 27.0 Å². The molecule has 0 aromatic carbocycles. The molecule has 2 N–H and O–H groups in total. The summed E-state index contributed by atoms with van der Waals surface area (Å²) in [5.74, 6) is 0.542. The first-order valence-electron chi connectivity index (χ1n) is 8.27. The minimum absolute atomic E-state index is 0.0519. The van der Waals surface area contributed by atoms with Gasteiger partial charge in [0.2, 0.25) is 5.91 Å². The van der Waals surface area contributed by atoms with Crippen molar-refractivity contribution in [2.45, 2.75) is 52.4 Å². The minimum atomic E-state index is -0.716. The summed E-state index contributed by atoms with van der Waals surface area (Å²) in [6.45, 7) is 4.22. The second kappa shape index (κ2) is 8.04. The van der Waals surface area contributed by atoms with E-state index in [0.717, 1.165) is 25.1 Å². The molecule has 0 atom stereocenters. The number of amides is 1. The quantitative estimate of drug-likeness (QED) is 0.841. The minimum Gasteiger partial charge on any atom is -0.481 e. The number of anilines is 1. The van der Waals surface area contributed by atoms with Crippen molar-refractivity contribution in [2.24, 2.45) is 17.8 Å². The molecule has 1 fully saturated rings. The number of carboxylic acids is 1. The number of aromatic nitrogens is 2. The van der Waals surface area contributed by atoms with Crippen LogP contribution in [0.3, 0.4) is 0 Å². The Morgan fingerprint density at radius 2 is 1.83 bits per heavy atom. The van der Waals surface area contributed by atoms with Gasteiger partial charge in [0.25, 0.3) is 0 Å². The largest absolute Gasteiger partial charge is 0.481 e. The molecule has 0 bridgehead atoms. The number of hydrogen-bond donors (Lipinski definition) is 2. The Bertz CT molecular complexity index is 535. The van der Waals surface area contributed by atoms with Crippen LogP contribution in [0.15, 0.2) is 12.4 Å². The van der Waals surface area contributed by atoms with Crippen LogP contribution < -0.4 is 5.32 Å². The second-order valence-corrected chi connectivity index (χ2v) is 6.79. The Balaban J connectivity index is 1.78. The molecular weight excluding hydrogens is 294 g/mol. The molecule has 23 heavy (non-hydrogen) atoms. The first-order valence-corrected chi connectivity index (χ1v) is 8.27. The molecule has 0 unspecified atom stereocenters. The molecule has 6 heteroatoms. The molecule has 0 aliphatic heterocycles. The Morgan fingerprint density at radius 1 is 1.22 bits per heavy atom. The molecule has 1 aromatic heterocycles. The number of nitrogens with one attached hydrogen (secondary N) is 1. The van der Waals surface area contributed by atoms with Crippen LogP contribution in [-0.2, 0) is 16.0 Å². The monoisotopic (exact) mass is 319 g/mol. The van der Waals surface area contributed by atoms with Crippen molar-refractivity contribution >= 4 is 17.6 Å². The Hall–Kier alpha value is -1.98.